The molecule has 3 nitrogen and oxygen atoms in total. The summed E-state index contributed by atoms with van der Waals surface area (Å²) in [6.45, 7) is 2.16. The lowest BCUT2D eigenvalue weighted by atomic mass is 9.87. The molecule has 0 amide bonds. The van der Waals surface area contributed by atoms with Crippen LogP contribution < -0.4 is 0 Å². The van der Waals surface area contributed by atoms with Gasteiger partial charge in [-0.2, -0.15) is 0 Å². The molecule has 2 fully saturated rings. The van der Waals surface area contributed by atoms with Crippen molar-refractivity contribution in [2.45, 2.75) is 30.9 Å². The Hall–Kier alpha value is -0.800. The lowest BCUT2D eigenvalue weighted by molar-refractivity contribution is 0.00888. The number of aliphatic hydroxyl groups is 1. The van der Waals surface area contributed by atoms with E-state index in [-0.39, 0.29) is 0 Å². The molecule has 0 radical (unpaired) electrons. The van der Waals surface area contributed by atoms with Crippen LogP contribution in [0, 0.1) is 0 Å². The van der Waals surface area contributed by atoms with E-state index in [1.54, 1.807) is 12.5 Å². The van der Waals surface area contributed by atoms with E-state index in [0.717, 1.165) is 31.5 Å². The number of rotatable bonds is 1. The van der Waals surface area contributed by atoms with Crippen molar-refractivity contribution in [1.82, 2.24) is 4.90 Å². The van der Waals surface area contributed by atoms with Gasteiger partial charge >= 0.3 is 0 Å². The largest absolute Gasteiger partial charge is 0.472 e. The molecule has 76 valence electrons. The molecule has 2 aliphatic heterocycles. The van der Waals surface area contributed by atoms with Gasteiger partial charge in [0.25, 0.3) is 0 Å². The standard InChI is InChI=1S/C11H15NO2/c13-11(9-3-7-14-8-9)4-6-12-5-1-2-10(11)12/h3,7-8,10,13H,1-2,4-6H2. The normalized spacial score (nSPS) is 37.6. The monoisotopic (exact) mass is 193 g/mol. The highest BCUT2D eigenvalue weighted by Crippen LogP contribution is 2.42. The summed E-state index contributed by atoms with van der Waals surface area (Å²) >= 11 is 0. The second kappa shape index (κ2) is 2.84. The maximum Gasteiger partial charge on any atom is 0.109 e. The summed E-state index contributed by atoms with van der Waals surface area (Å²) in [5.41, 5.74) is 0.302. The van der Waals surface area contributed by atoms with Crippen molar-refractivity contribution >= 4 is 0 Å². The van der Waals surface area contributed by atoms with E-state index < -0.39 is 5.60 Å². The molecule has 0 spiro atoms. The van der Waals surface area contributed by atoms with E-state index >= 15 is 0 Å². The molecule has 2 aliphatic rings. The van der Waals surface area contributed by atoms with Gasteiger partial charge in [0.05, 0.1) is 12.5 Å². The Morgan fingerprint density at radius 3 is 3.21 bits per heavy atom. The first-order chi connectivity index (χ1) is 6.81. The number of furan rings is 1. The van der Waals surface area contributed by atoms with Crippen LogP contribution in [0.5, 0.6) is 0 Å². The minimum atomic E-state index is -0.649. The van der Waals surface area contributed by atoms with Crippen molar-refractivity contribution in [3.8, 4) is 0 Å². The number of nitrogens with zero attached hydrogens (tertiary/aromatic N) is 1. The van der Waals surface area contributed by atoms with Crippen LogP contribution >= 0.6 is 0 Å². The van der Waals surface area contributed by atoms with Crippen LogP contribution in [0.25, 0.3) is 0 Å². The smallest absolute Gasteiger partial charge is 0.109 e. The number of hydrogen-bond acceptors (Lipinski definition) is 3. The van der Waals surface area contributed by atoms with Gasteiger partial charge in [0.1, 0.15) is 5.60 Å². The van der Waals surface area contributed by atoms with Crippen LogP contribution in [0.15, 0.2) is 23.0 Å². The van der Waals surface area contributed by atoms with Crippen molar-refractivity contribution < 1.29 is 9.52 Å². The molecule has 1 N–H and O–H groups in total. The Kier molecular flexibility index (Phi) is 1.73. The zero-order valence-electron chi connectivity index (χ0n) is 8.15. The zero-order chi connectivity index (χ0) is 9.60. The molecular weight excluding hydrogens is 178 g/mol. The molecule has 3 heterocycles. The van der Waals surface area contributed by atoms with Crippen molar-refractivity contribution in [3.05, 3.63) is 24.2 Å². The van der Waals surface area contributed by atoms with Gasteiger partial charge in [-0.1, -0.05) is 0 Å². The summed E-state index contributed by atoms with van der Waals surface area (Å²) < 4.78 is 5.06. The summed E-state index contributed by atoms with van der Waals surface area (Å²) in [5.74, 6) is 0. The topological polar surface area (TPSA) is 36.6 Å². The average Bonchev–Trinajstić information content (AvgIpc) is 2.84. The second-order valence-electron chi connectivity index (χ2n) is 4.38. The lowest BCUT2D eigenvalue weighted by Crippen LogP contribution is -2.38. The molecule has 0 bridgehead atoms. The predicted molar refractivity (Wildman–Crippen MR) is 51.8 cm³/mol. The van der Waals surface area contributed by atoms with Gasteiger partial charge in [-0.3, -0.25) is 4.90 Å². The van der Waals surface area contributed by atoms with E-state index in [1.807, 2.05) is 6.07 Å². The minimum absolute atomic E-state index is 0.320. The Labute approximate surface area is 83.3 Å². The Balaban J connectivity index is 1.97. The van der Waals surface area contributed by atoms with E-state index in [1.165, 1.54) is 6.42 Å². The minimum Gasteiger partial charge on any atom is -0.472 e. The van der Waals surface area contributed by atoms with Crippen LogP contribution in [0.3, 0.4) is 0 Å². The highest BCUT2D eigenvalue weighted by Gasteiger charge is 2.49. The van der Waals surface area contributed by atoms with E-state index in [4.69, 9.17) is 4.42 Å². The molecule has 2 unspecified atom stereocenters. The first-order valence-corrected chi connectivity index (χ1v) is 5.30. The molecule has 1 aromatic heterocycles. The number of fused-ring (bicyclic) bond motifs is 1. The molecule has 2 atom stereocenters. The molecule has 0 aliphatic carbocycles. The van der Waals surface area contributed by atoms with Crippen molar-refractivity contribution in [2.75, 3.05) is 13.1 Å². The van der Waals surface area contributed by atoms with E-state index in [0.29, 0.717) is 6.04 Å². The van der Waals surface area contributed by atoms with Gasteiger partial charge in [0.15, 0.2) is 0 Å². The van der Waals surface area contributed by atoms with Gasteiger partial charge in [-0.05, 0) is 31.9 Å². The fourth-order valence-electron chi connectivity index (χ4n) is 2.96. The summed E-state index contributed by atoms with van der Waals surface area (Å²) in [4.78, 5) is 2.40. The summed E-state index contributed by atoms with van der Waals surface area (Å²) in [5, 5.41) is 10.6. The third-order valence-corrected chi connectivity index (χ3v) is 3.72. The van der Waals surface area contributed by atoms with Crippen LogP contribution in [-0.2, 0) is 5.60 Å². The molecule has 0 saturated carbocycles. The maximum atomic E-state index is 10.6. The third kappa shape index (κ3) is 0.996. The zero-order valence-corrected chi connectivity index (χ0v) is 8.15. The van der Waals surface area contributed by atoms with Crippen molar-refractivity contribution in [1.29, 1.82) is 0 Å². The van der Waals surface area contributed by atoms with Gasteiger partial charge in [0, 0.05) is 18.2 Å². The Morgan fingerprint density at radius 2 is 2.43 bits per heavy atom. The molecule has 3 rings (SSSR count). The average molecular weight is 193 g/mol. The number of hydrogen-bond donors (Lipinski definition) is 1. The Morgan fingerprint density at radius 1 is 1.50 bits per heavy atom. The van der Waals surface area contributed by atoms with Crippen molar-refractivity contribution in [2.24, 2.45) is 0 Å². The summed E-state index contributed by atoms with van der Waals surface area (Å²) in [6.07, 6.45) is 6.50. The first kappa shape index (κ1) is 8.50. The van der Waals surface area contributed by atoms with Crippen LogP contribution in [0.2, 0.25) is 0 Å². The van der Waals surface area contributed by atoms with Gasteiger partial charge in [-0.25, -0.2) is 0 Å². The SMILES string of the molecule is OC1(c2ccoc2)CCN2CCCC21. The van der Waals surface area contributed by atoms with Gasteiger partial charge < -0.3 is 9.52 Å². The Bertz CT molecular complexity index is 322. The fourth-order valence-corrected chi connectivity index (χ4v) is 2.96. The van der Waals surface area contributed by atoms with Gasteiger partial charge in [0.2, 0.25) is 0 Å². The van der Waals surface area contributed by atoms with Gasteiger partial charge in [-0.15, -0.1) is 0 Å². The fraction of sp³-hybridized carbons (Fsp3) is 0.636. The summed E-state index contributed by atoms with van der Waals surface area (Å²) in [7, 11) is 0. The predicted octanol–water partition coefficient (Wildman–Crippen LogP) is 1.34. The van der Waals surface area contributed by atoms with Crippen LogP contribution in [0.4, 0.5) is 0 Å². The highest BCUT2D eigenvalue weighted by molar-refractivity contribution is 5.22. The molecular formula is C11H15NO2. The van der Waals surface area contributed by atoms with Crippen LogP contribution in [-0.4, -0.2) is 29.1 Å². The highest BCUT2D eigenvalue weighted by atomic mass is 16.3. The van der Waals surface area contributed by atoms with Crippen molar-refractivity contribution in [3.63, 3.8) is 0 Å². The molecule has 3 heteroatoms. The lowest BCUT2D eigenvalue weighted by Gasteiger charge is -2.28. The molecule has 2 saturated heterocycles. The molecule has 14 heavy (non-hydrogen) atoms. The molecule has 1 aromatic rings. The maximum absolute atomic E-state index is 10.6. The van der Waals surface area contributed by atoms with E-state index in [9.17, 15) is 5.11 Å². The quantitative estimate of drug-likeness (QED) is 0.731. The molecule has 0 aromatic carbocycles. The second-order valence-corrected chi connectivity index (χ2v) is 4.38. The van der Waals surface area contributed by atoms with E-state index in [2.05, 4.69) is 4.90 Å². The first-order valence-electron chi connectivity index (χ1n) is 5.30. The van der Waals surface area contributed by atoms with Crippen LogP contribution in [0.1, 0.15) is 24.8 Å². The third-order valence-electron chi connectivity index (χ3n) is 3.72. The summed E-state index contributed by atoms with van der Waals surface area (Å²) in [6, 6.07) is 2.21.